The number of esters is 1. The maximum absolute atomic E-state index is 13.0. The second kappa shape index (κ2) is 9.79. The lowest BCUT2D eigenvalue weighted by atomic mass is 9.95. The van der Waals surface area contributed by atoms with Gasteiger partial charge in [0.2, 0.25) is 11.1 Å². The van der Waals surface area contributed by atoms with E-state index in [9.17, 15) is 9.90 Å². The summed E-state index contributed by atoms with van der Waals surface area (Å²) in [6, 6.07) is 12.2. The number of fused-ring (bicyclic) bond motifs is 1. The topological polar surface area (TPSA) is 89.3 Å². The number of aromatic hydroxyl groups is 1. The molecule has 2 aromatic carbocycles. The smallest absolute Gasteiger partial charge is 0.338 e. The Kier molecular flexibility index (Phi) is 7.02. The third-order valence-corrected chi connectivity index (χ3v) is 6.92. The van der Waals surface area contributed by atoms with E-state index in [-0.39, 0.29) is 11.9 Å². The van der Waals surface area contributed by atoms with E-state index in [0.29, 0.717) is 43.2 Å². The van der Waals surface area contributed by atoms with Crippen molar-refractivity contribution in [1.29, 1.82) is 0 Å². The largest absolute Gasteiger partial charge is 0.507 e. The molecule has 0 aliphatic carbocycles. The van der Waals surface area contributed by atoms with Crippen LogP contribution in [0.2, 0.25) is 5.02 Å². The zero-order chi connectivity index (χ0) is 23.7. The molecule has 0 radical (unpaired) electrons. The molecule has 0 saturated heterocycles. The molecule has 2 heterocycles. The van der Waals surface area contributed by atoms with Crippen molar-refractivity contribution in [2.24, 2.45) is 0 Å². The molecular formula is C23H22BrClN4O3S. The number of nitrogens with zero attached hydrogens (tertiary/aromatic N) is 3. The normalized spacial score (nSPS) is 15.4. The van der Waals surface area contributed by atoms with Gasteiger partial charge in [-0.1, -0.05) is 47.6 Å². The summed E-state index contributed by atoms with van der Waals surface area (Å²) in [5, 5.41) is 19.4. The number of aromatic nitrogens is 3. The van der Waals surface area contributed by atoms with Gasteiger partial charge < -0.3 is 15.2 Å². The highest BCUT2D eigenvalue weighted by Crippen LogP contribution is 2.39. The number of phenols is 1. The van der Waals surface area contributed by atoms with Gasteiger partial charge in [0, 0.05) is 16.5 Å². The lowest BCUT2D eigenvalue weighted by molar-refractivity contribution is -0.143. The van der Waals surface area contributed by atoms with Crippen LogP contribution < -0.4 is 5.32 Å². The van der Waals surface area contributed by atoms with Crippen molar-refractivity contribution in [2.45, 2.75) is 43.8 Å². The number of anilines is 1. The minimum atomic E-state index is -0.617. The quantitative estimate of drug-likeness (QED) is 0.291. The zero-order valence-corrected chi connectivity index (χ0v) is 21.3. The van der Waals surface area contributed by atoms with Crippen molar-refractivity contribution in [3.63, 3.8) is 0 Å². The fraction of sp³-hybridized carbons (Fsp3) is 0.261. The Morgan fingerprint density at radius 3 is 2.79 bits per heavy atom. The van der Waals surface area contributed by atoms with Crippen molar-refractivity contribution >= 4 is 51.2 Å². The first-order valence-corrected chi connectivity index (χ1v) is 12.4. The molecule has 1 aromatic heterocycles. The van der Waals surface area contributed by atoms with Gasteiger partial charge in [0.05, 0.1) is 16.1 Å². The van der Waals surface area contributed by atoms with Gasteiger partial charge in [-0.2, -0.15) is 4.98 Å². The van der Waals surface area contributed by atoms with Crippen LogP contribution in [0.25, 0.3) is 0 Å². The fourth-order valence-corrected chi connectivity index (χ4v) is 4.86. The summed E-state index contributed by atoms with van der Waals surface area (Å²) in [5.74, 6) is 0.716. The number of carbonyl (C=O) groups is 1. The first-order valence-electron chi connectivity index (χ1n) is 10.2. The SMILES string of the molecule is CC1=C(C(=O)OC(C)C)C(c2ccc(Br)c(O)c2)n2nc(SCc3ccccc3Cl)nc2N1. The van der Waals surface area contributed by atoms with Gasteiger partial charge in [-0.05, 0) is 66.0 Å². The van der Waals surface area contributed by atoms with Crippen LogP contribution in [-0.4, -0.2) is 31.9 Å². The summed E-state index contributed by atoms with van der Waals surface area (Å²) >= 11 is 11.0. The number of hydrogen-bond donors (Lipinski definition) is 2. The van der Waals surface area contributed by atoms with Gasteiger partial charge >= 0.3 is 5.97 Å². The molecule has 2 N–H and O–H groups in total. The number of allylic oxidation sites excluding steroid dienone is 1. The number of ether oxygens (including phenoxy) is 1. The second-order valence-electron chi connectivity index (χ2n) is 7.77. The van der Waals surface area contributed by atoms with Gasteiger partial charge in [-0.3, -0.25) is 0 Å². The lowest BCUT2D eigenvalue weighted by Crippen LogP contribution is -2.30. The minimum Gasteiger partial charge on any atom is -0.507 e. The van der Waals surface area contributed by atoms with Crippen molar-refractivity contribution < 1.29 is 14.6 Å². The van der Waals surface area contributed by atoms with Gasteiger partial charge in [0.15, 0.2) is 0 Å². The molecule has 0 amide bonds. The molecule has 1 aliphatic heterocycles. The summed E-state index contributed by atoms with van der Waals surface area (Å²) in [6.45, 7) is 5.40. The van der Waals surface area contributed by atoms with Crippen LogP contribution in [0.3, 0.4) is 0 Å². The van der Waals surface area contributed by atoms with Crippen LogP contribution in [0, 0.1) is 0 Å². The van der Waals surface area contributed by atoms with E-state index in [4.69, 9.17) is 16.3 Å². The molecule has 0 fully saturated rings. The number of nitrogens with one attached hydrogen (secondary N) is 1. The monoisotopic (exact) mass is 548 g/mol. The van der Waals surface area contributed by atoms with Crippen LogP contribution in [0.1, 0.15) is 37.9 Å². The molecule has 0 bridgehead atoms. The third-order valence-electron chi connectivity index (χ3n) is 5.00. The molecule has 1 unspecified atom stereocenters. The molecule has 3 aromatic rings. The summed E-state index contributed by atoms with van der Waals surface area (Å²) in [4.78, 5) is 17.7. The number of carbonyl (C=O) groups excluding carboxylic acids is 1. The Labute approximate surface area is 209 Å². The summed E-state index contributed by atoms with van der Waals surface area (Å²) in [5.41, 5.74) is 2.69. The van der Waals surface area contributed by atoms with Gasteiger partial charge in [-0.25, -0.2) is 9.48 Å². The molecule has 1 atom stereocenters. The van der Waals surface area contributed by atoms with E-state index in [1.807, 2.05) is 30.3 Å². The molecule has 0 saturated carbocycles. The fourth-order valence-electron chi connectivity index (χ4n) is 3.50. The average molecular weight is 550 g/mol. The number of benzene rings is 2. The van der Waals surface area contributed by atoms with E-state index >= 15 is 0 Å². The highest BCUT2D eigenvalue weighted by molar-refractivity contribution is 9.10. The Balaban J connectivity index is 1.73. The average Bonchev–Trinajstić information content (AvgIpc) is 3.16. The molecule has 0 spiro atoms. The first-order chi connectivity index (χ1) is 15.7. The second-order valence-corrected chi connectivity index (χ2v) is 9.98. The number of halogens is 2. The molecule has 1 aliphatic rings. The van der Waals surface area contributed by atoms with Crippen LogP contribution in [0.4, 0.5) is 5.95 Å². The summed E-state index contributed by atoms with van der Waals surface area (Å²) in [7, 11) is 0. The maximum Gasteiger partial charge on any atom is 0.338 e. The minimum absolute atomic E-state index is 0.0650. The Morgan fingerprint density at radius 1 is 1.33 bits per heavy atom. The lowest BCUT2D eigenvalue weighted by Gasteiger charge is -2.28. The van der Waals surface area contributed by atoms with Gasteiger partial charge in [0.1, 0.15) is 11.8 Å². The Morgan fingerprint density at radius 2 is 2.09 bits per heavy atom. The Hall–Kier alpha value is -2.49. The van der Waals surface area contributed by atoms with Crippen molar-refractivity contribution in [3.8, 4) is 5.75 Å². The van der Waals surface area contributed by atoms with Crippen molar-refractivity contribution in [1.82, 2.24) is 14.8 Å². The van der Waals surface area contributed by atoms with Crippen LogP contribution >= 0.6 is 39.3 Å². The van der Waals surface area contributed by atoms with E-state index in [1.54, 1.807) is 37.6 Å². The van der Waals surface area contributed by atoms with Crippen LogP contribution in [-0.2, 0) is 15.3 Å². The van der Waals surface area contributed by atoms with Crippen LogP contribution in [0.15, 0.2) is 63.4 Å². The number of rotatable bonds is 6. The van der Waals surface area contributed by atoms with Crippen LogP contribution in [0.5, 0.6) is 5.75 Å². The first kappa shape index (κ1) is 23.7. The molecule has 172 valence electrons. The van der Waals surface area contributed by atoms with E-state index in [0.717, 1.165) is 5.56 Å². The summed E-state index contributed by atoms with van der Waals surface area (Å²) < 4.78 is 7.73. The molecular weight excluding hydrogens is 528 g/mol. The molecule has 7 nitrogen and oxygen atoms in total. The molecule has 33 heavy (non-hydrogen) atoms. The van der Waals surface area contributed by atoms with Gasteiger partial charge in [-0.15, -0.1) is 5.10 Å². The van der Waals surface area contributed by atoms with Crippen molar-refractivity contribution in [2.75, 3.05) is 5.32 Å². The van der Waals surface area contributed by atoms with Crippen molar-refractivity contribution in [3.05, 3.63) is 74.4 Å². The van der Waals surface area contributed by atoms with E-state index in [2.05, 4.69) is 31.3 Å². The highest BCUT2D eigenvalue weighted by atomic mass is 79.9. The maximum atomic E-state index is 13.0. The highest BCUT2D eigenvalue weighted by Gasteiger charge is 2.36. The predicted octanol–water partition coefficient (Wildman–Crippen LogP) is 5.93. The van der Waals surface area contributed by atoms with E-state index in [1.165, 1.54) is 11.8 Å². The number of phenolic OH excluding ortho intramolecular Hbond substituents is 1. The standard InChI is InChI=1S/C23H22BrClN4O3S/c1-12(2)32-21(31)19-13(3)26-22-27-23(33-11-15-6-4-5-7-17(15)25)28-29(22)20(19)14-8-9-16(24)18(30)10-14/h4-10,12,20,30H,11H2,1-3H3,(H,26,27,28). The van der Waals surface area contributed by atoms with E-state index < -0.39 is 12.0 Å². The molecule has 10 heteroatoms. The number of thioether (sulfide) groups is 1. The number of hydrogen-bond acceptors (Lipinski definition) is 7. The molecule has 4 rings (SSSR count). The van der Waals surface area contributed by atoms with Gasteiger partial charge in [0.25, 0.3) is 0 Å². The zero-order valence-electron chi connectivity index (χ0n) is 18.2. The summed E-state index contributed by atoms with van der Waals surface area (Å²) in [6.07, 6.45) is -0.282. The third kappa shape index (κ3) is 5.05. The predicted molar refractivity (Wildman–Crippen MR) is 133 cm³/mol. The Bertz CT molecular complexity index is 1240.